The molecule has 3 heteroatoms. The van der Waals surface area contributed by atoms with Gasteiger partial charge in [0.25, 0.3) is 0 Å². The lowest BCUT2D eigenvalue weighted by molar-refractivity contribution is 0.130. The summed E-state index contributed by atoms with van der Waals surface area (Å²) in [6.07, 6.45) is 5.03. The maximum Gasteiger partial charge on any atom is 0.0465 e. The van der Waals surface area contributed by atoms with Gasteiger partial charge >= 0.3 is 0 Å². The number of aliphatic hydroxyl groups excluding tert-OH is 1. The molecule has 1 N–H and O–H groups in total. The molecule has 1 heterocycles. The second-order valence-corrected chi connectivity index (χ2v) is 7.32. The number of likely N-dealkylation sites (tertiary alicyclic amines) is 1. The molecular weight excluding hydrogens is 296 g/mol. The average Bonchev–Trinajstić information content (AvgIpc) is 2.62. The maximum atomic E-state index is 9.88. The Morgan fingerprint density at radius 2 is 1.67 bits per heavy atom. The van der Waals surface area contributed by atoms with Crippen LogP contribution >= 0.6 is 0 Å². The van der Waals surface area contributed by atoms with E-state index in [2.05, 4.69) is 54.8 Å². The van der Waals surface area contributed by atoms with Gasteiger partial charge in [0.1, 0.15) is 0 Å². The van der Waals surface area contributed by atoms with Crippen LogP contribution in [0, 0.1) is 11.8 Å². The molecule has 1 aromatic carbocycles. The molecule has 1 aliphatic rings. The summed E-state index contributed by atoms with van der Waals surface area (Å²) >= 11 is 0. The van der Waals surface area contributed by atoms with Crippen LogP contribution in [-0.2, 0) is 6.42 Å². The number of hydrogen-bond donors (Lipinski definition) is 1. The molecule has 0 aliphatic carbocycles. The van der Waals surface area contributed by atoms with Crippen molar-refractivity contribution < 1.29 is 5.11 Å². The first-order valence-corrected chi connectivity index (χ1v) is 9.85. The van der Waals surface area contributed by atoms with Crippen molar-refractivity contribution in [2.75, 3.05) is 44.2 Å². The molecule has 24 heavy (non-hydrogen) atoms. The summed E-state index contributed by atoms with van der Waals surface area (Å²) in [5.74, 6) is 0.891. The zero-order chi connectivity index (χ0) is 17.4. The summed E-state index contributed by atoms with van der Waals surface area (Å²) in [6, 6.07) is 8.94. The minimum absolute atomic E-state index is 0.285. The largest absolute Gasteiger partial charge is 0.396 e. The topological polar surface area (TPSA) is 26.7 Å². The number of hydrogen-bond acceptors (Lipinski definition) is 3. The second kappa shape index (κ2) is 10.0. The first kappa shape index (κ1) is 19.3. The van der Waals surface area contributed by atoms with E-state index in [1.165, 1.54) is 43.6 Å². The molecule has 0 spiro atoms. The van der Waals surface area contributed by atoms with Crippen LogP contribution in [0.2, 0.25) is 0 Å². The zero-order valence-corrected chi connectivity index (χ0v) is 15.9. The van der Waals surface area contributed by atoms with E-state index in [4.69, 9.17) is 0 Å². The predicted molar refractivity (Wildman–Crippen MR) is 104 cm³/mol. The predicted octanol–water partition coefficient (Wildman–Crippen LogP) is 3.81. The SMILES string of the molecule is CCN(CC)c1ccc(CC(CO)C(C)CN2CCCCC2)cc1. The van der Waals surface area contributed by atoms with Gasteiger partial charge in [-0.05, 0) is 75.7 Å². The number of piperidine rings is 1. The van der Waals surface area contributed by atoms with E-state index >= 15 is 0 Å². The monoisotopic (exact) mass is 332 g/mol. The Kier molecular flexibility index (Phi) is 8.07. The Labute approximate surface area is 148 Å². The van der Waals surface area contributed by atoms with Gasteiger partial charge in [0.05, 0.1) is 0 Å². The van der Waals surface area contributed by atoms with Gasteiger partial charge in [0, 0.05) is 31.9 Å². The van der Waals surface area contributed by atoms with Crippen molar-refractivity contribution in [3.05, 3.63) is 29.8 Å². The standard InChI is InChI=1S/C21H36N2O/c1-4-23(5-2)21-11-9-19(10-12-21)15-20(17-24)18(3)16-22-13-7-6-8-14-22/h9-12,18,20,24H,4-8,13-17H2,1-3H3. The van der Waals surface area contributed by atoms with Crippen LogP contribution in [0.4, 0.5) is 5.69 Å². The highest BCUT2D eigenvalue weighted by Crippen LogP contribution is 2.22. The molecule has 1 aliphatic heterocycles. The number of benzene rings is 1. The average molecular weight is 333 g/mol. The minimum Gasteiger partial charge on any atom is -0.396 e. The Morgan fingerprint density at radius 1 is 1.04 bits per heavy atom. The van der Waals surface area contributed by atoms with Gasteiger partial charge < -0.3 is 14.9 Å². The van der Waals surface area contributed by atoms with Crippen LogP contribution in [0.15, 0.2) is 24.3 Å². The maximum absolute atomic E-state index is 9.88. The van der Waals surface area contributed by atoms with Crippen molar-refractivity contribution >= 4 is 5.69 Å². The van der Waals surface area contributed by atoms with E-state index in [9.17, 15) is 5.11 Å². The number of rotatable bonds is 9. The van der Waals surface area contributed by atoms with Crippen molar-refractivity contribution in [3.8, 4) is 0 Å². The fourth-order valence-corrected chi connectivity index (χ4v) is 3.88. The molecule has 3 nitrogen and oxygen atoms in total. The minimum atomic E-state index is 0.285. The summed E-state index contributed by atoms with van der Waals surface area (Å²) < 4.78 is 0. The molecule has 0 saturated carbocycles. The highest BCUT2D eigenvalue weighted by atomic mass is 16.3. The van der Waals surface area contributed by atoms with Gasteiger partial charge in [0.15, 0.2) is 0 Å². The fraction of sp³-hybridized carbons (Fsp3) is 0.714. The van der Waals surface area contributed by atoms with Crippen LogP contribution in [0.1, 0.15) is 45.6 Å². The first-order valence-electron chi connectivity index (χ1n) is 9.85. The van der Waals surface area contributed by atoms with Crippen molar-refractivity contribution in [1.29, 1.82) is 0 Å². The van der Waals surface area contributed by atoms with Crippen molar-refractivity contribution in [2.24, 2.45) is 11.8 Å². The molecular formula is C21H36N2O. The highest BCUT2D eigenvalue weighted by Gasteiger charge is 2.21. The number of aliphatic hydroxyl groups is 1. The highest BCUT2D eigenvalue weighted by molar-refractivity contribution is 5.47. The van der Waals surface area contributed by atoms with E-state index in [1.807, 2.05) is 0 Å². The molecule has 0 aromatic heterocycles. The van der Waals surface area contributed by atoms with E-state index in [0.29, 0.717) is 11.8 Å². The van der Waals surface area contributed by atoms with E-state index < -0.39 is 0 Å². The Morgan fingerprint density at radius 3 is 2.21 bits per heavy atom. The lowest BCUT2D eigenvalue weighted by Crippen LogP contribution is -2.36. The third-order valence-corrected chi connectivity index (χ3v) is 5.60. The van der Waals surface area contributed by atoms with Gasteiger partial charge in [-0.15, -0.1) is 0 Å². The summed E-state index contributed by atoms with van der Waals surface area (Å²) in [5.41, 5.74) is 2.64. The molecule has 0 amide bonds. The molecule has 2 atom stereocenters. The van der Waals surface area contributed by atoms with Gasteiger partial charge in [-0.1, -0.05) is 25.5 Å². The molecule has 1 fully saturated rings. The normalized spacial score (nSPS) is 18.3. The van der Waals surface area contributed by atoms with E-state index in [-0.39, 0.29) is 6.61 Å². The smallest absolute Gasteiger partial charge is 0.0465 e. The summed E-state index contributed by atoms with van der Waals surface area (Å²) in [6.45, 7) is 12.7. The lowest BCUT2D eigenvalue weighted by atomic mass is 9.87. The van der Waals surface area contributed by atoms with Crippen molar-refractivity contribution in [2.45, 2.75) is 46.5 Å². The van der Waals surface area contributed by atoms with Gasteiger partial charge in [-0.25, -0.2) is 0 Å². The van der Waals surface area contributed by atoms with E-state index in [1.54, 1.807) is 0 Å². The van der Waals surface area contributed by atoms with Crippen LogP contribution in [0.5, 0.6) is 0 Å². The summed E-state index contributed by atoms with van der Waals surface area (Å²) in [7, 11) is 0. The Balaban J connectivity index is 1.91. The fourth-order valence-electron chi connectivity index (χ4n) is 3.88. The summed E-state index contributed by atoms with van der Waals surface area (Å²) in [5, 5.41) is 9.88. The van der Waals surface area contributed by atoms with E-state index in [0.717, 1.165) is 26.1 Å². The van der Waals surface area contributed by atoms with Crippen LogP contribution in [-0.4, -0.2) is 49.3 Å². The van der Waals surface area contributed by atoms with Gasteiger partial charge in [-0.3, -0.25) is 0 Å². The molecule has 1 saturated heterocycles. The number of nitrogens with zero attached hydrogens (tertiary/aromatic N) is 2. The zero-order valence-electron chi connectivity index (χ0n) is 15.9. The Bertz CT molecular complexity index is 449. The third kappa shape index (κ3) is 5.49. The Hall–Kier alpha value is -1.06. The van der Waals surface area contributed by atoms with Crippen molar-refractivity contribution in [3.63, 3.8) is 0 Å². The lowest BCUT2D eigenvalue weighted by Gasteiger charge is -2.32. The summed E-state index contributed by atoms with van der Waals surface area (Å²) in [4.78, 5) is 4.95. The van der Waals surface area contributed by atoms with Crippen LogP contribution in [0.25, 0.3) is 0 Å². The van der Waals surface area contributed by atoms with Gasteiger partial charge in [-0.2, -0.15) is 0 Å². The molecule has 2 rings (SSSR count). The quantitative estimate of drug-likeness (QED) is 0.745. The van der Waals surface area contributed by atoms with Crippen LogP contribution < -0.4 is 4.90 Å². The third-order valence-electron chi connectivity index (χ3n) is 5.60. The molecule has 0 radical (unpaired) electrons. The molecule has 0 bridgehead atoms. The molecule has 2 unspecified atom stereocenters. The van der Waals surface area contributed by atoms with Crippen molar-refractivity contribution in [1.82, 2.24) is 4.90 Å². The molecule has 136 valence electrons. The number of anilines is 1. The first-order chi connectivity index (χ1) is 11.7. The van der Waals surface area contributed by atoms with Crippen LogP contribution in [0.3, 0.4) is 0 Å². The molecule has 1 aromatic rings. The second-order valence-electron chi connectivity index (χ2n) is 7.32. The van der Waals surface area contributed by atoms with Gasteiger partial charge in [0.2, 0.25) is 0 Å².